The van der Waals surface area contributed by atoms with E-state index >= 15 is 0 Å². The Kier molecular flexibility index (Phi) is 4.10. The molecule has 0 bridgehead atoms. The Morgan fingerprint density at radius 1 is 0.885 bits per heavy atom. The molecular formula is C23H27FN2. The second-order valence-electron chi connectivity index (χ2n) is 8.15. The number of likely N-dealkylation sites (tertiary alicyclic amines) is 1. The first-order valence-corrected chi connectivity index (χ1v) is 10.1. The van der Waals surface area contributed by atoms with E-state index in [2.05, 4.69) is 34.1 Å². The maximum Gasteiger partial charge on any atom is 0.123 e. The molecule has 0 N–H and O–H groups in total. The summed E-state index contributed by atoms with van der Waals surface area (Å²) in [5, 5.41) is 0. The molecule has 5 rings (SSSR count). The standard InChI is InChI=1S/C23H27FN2/c24-20-9-7-19(8-10-20)23-17-21(25-13-3-4-14-25)12-16-26(23)15-11-18-5-1-2-6-22(18)23/h1-2,5-10,21H,3-4,11-17H2. The van der Waals surface area contributed by atoms with Crippen LogP contribution in [0.2, 0.25) is 0 Å². The molecule has 0 aromatic heterocycles. The lowest BCUT2D eigenvalue weighted by atomic mass is 9.69. The van der Waals surface area contributed by atoms with Crippen molar-refractivity contribution < 1.29 is 4.39 Å². The summed E-state index contributed by atoms with van der Waals surface area (Å²) in [4.78, 5) is 5.38. The minimum absolute atomic E-state index is 0.103. The van der Waals surface area contributed by atoms with E-state index in [0.29, 0.717) is 6.04 Å². The van der Waals surface area contributed by atoms with Crippen LogP contribution in [0.1, 0.15) is 42.4 Å². The second kappa shape index (κ2) is 6.47. The van der Waals surface area contributed by atoms with E-state index in [4.69, 9.17) is 0 Å². The van der Waals surface area contributed by atoms with Crippen molar-refractivity contribution in [3.05, 3.63) is 71.0 Å². The minimum atomic E-state index is -0.146. The van der Waals surface area contributed by atoms with E-state index in [1.54, 1.807) is 12.1 Å². The predicted octanol–water partition coefficient (Wildman–Crippen LogP) is 4.19. The zero-order valence-corrected chi connectivity index (χ0v) is 15.3. The third-order valence-corrected chi connectivity index (χ3v) is 6.90. The van der Waals surface area contributed by atoms with Crippen LogP contribution >= 0.6 is 0 Å². The normalized spacial score (nSPS) is 29.3. The van der Waals surface area contributed by atoms with E-state index in [-0.39, 0.29) is 11.4 Å². The highest BCUT2D eigenvalue weighted by molar-refractivity contribution is 5.46. The van der Waals surface area contributed by atoms with Crippen LogP contribution in [0.25, 0.3) is 0 Å². The fraction of sp³-hybridized carbons (Fsp3) is 0.478. The highest BCUT2D eigenvalue weighted by Crippen LogP contribution is 2.48. The Balaban J connectivity index is 1.64. The van der Waals surface area contributed by atoms with E-state index in [1.165, 1.54) is 49.0 Å². The van der Waals surface area contributed by atoms with Crippen molar-refractivity contribution in [3.8, 4) is 0 Å². The Hall–Kier alpha value is -1.71. The zero-order valence-electron chi connectivity index (χ0n) is 15.3. The van der Waals surface area contributed by atoms with Crippen molar-refractivity contribution in [1.29, 1.82) is 0 Å². The molecule has 0 saturated carbocycles. The third kappa shape index (κ3) is 2.52. The number of benzene rings is 2. The Bertz CT molecular complexity index is 781. The van der Waals surface area contributed by atoms with Gasteiger partial charge in [-0.2, -0.15) is 0 Å². The molecule has 3 aliphatic heterocycles. The van der Waals surface area contributed by atoms with Gasteiger partial charge in [-0.1, -0.05) is 36.4 Å². The number of halogens is 1. The number of rotatable bonds is 2. The lowest BCUT2D eigenvalue weighted by Gasteiger charge is -2.55. The third-order valence-electron chi connectivity index (χ3n) is 6.90. The molecule has 136 valence electrons. The van der Waals surface area contributed by atoms with Gasteiger partial charge in [-0.25, -0.2) is 4.39 Å². The quantitative estimate of drug-likeness (QED) is 0.801. The summed E-state index contributed by atoms with van der Waals surface area (Å²) < 4.78 is 13.7. The summed E-state index contributed by atoms with van der Waals surface area (Å²) in [5.41, 5.74) is 4.07. The first-order chi connectivity index (χ1) is 12.8. The molecule has 3 heteroatoms. The van der Waals surface area contributed by atoms with Crippen molar-refractivity contribution in [2.45, 2.75) is 43.7 Å². The van der Waals surface area contributed by atoms with Gasteiger partial charge in [0.25, 0.3) is 0 Å². The molecule has 2 fully saturated rings. The highest BCUT2D eigenvalue weighted by atomic mass is 19.1. The fourth-order valence-electron chi connectivity index (χ4n) is 5.65. The van der Waals surface area contributed by atoms with E-state index in [0.717, 1.165) is 25.9 Å². The number of hydrogen-bond donors (Lipinski definition) is 0. The number of nitrogens with zero attached hydrogens (tertiary/aromatic N) is 2. The molecule has 0 aliphatic carbocycles. The van der Waals surface area contributed by atoms with E-state index < -0.39 is 0 Å². The van der Waals surface area contributed by atoms with Crippen LogP contribution in [0, 0.1) is 5.82 Å². The van der Waals surface area contributed by atoms with Crippen LogP contribution < -0.4 is 0 Å². The molecule has 0 spiro atoms. The van der Waals surface area contributed by atoms with Crippen LogP contribution in [0.5, 0.6) is 0 Å². The summed E-state index contributed by atoms with van der Waals surface area (Å²) in [7, 11) is 0. The first-order valence-electron chi connectivity index (χ1n) is 10.1. The molecule has 2 unspecified atom stereocenters. The lowest BCUT2D eigenvalue weighted by molar-refractivity contribution is 0.0174. The van der Waals surface area contributed by atoms with Crippen molar-refractivity contribution in [2.75, 3.05) is 26.2 Å². The molecule has 2 aromatic carbocycles. The van der Waals surface area contributed by atoms with Gasteiger partial charge in [0.2, 0.25) is 0 Å². The van der Waals surface area contributed by atoms with E-state index in [9.17, 15) is 4.39 Å². The average Bonchev–Trinajstić information content (AvgIpc) is 3.23. The summed E-state index contributed by atoms with van der Waals surface area (Å²) in [5.74, 6) is -0.146. The first kappa shape index (κ1) is 16.5. The van der Waals surface area contributed by atoms with Crippen molar-refractivity contribution in [3.63, 3.8) is 0 Å². The summed E-state index contributed by atoms with van der Waals surface area (Å²) in [6.07, 6.45) is 6.16. The maximum atomic E-state index is 13.7. The van der Waals surface area contributed by atoms with Crippen LogP contribution in [0.4, 0.5) is 4.39 Å². The lowest BCUT2D eigenvalue weighted by Crippen LogP contribution is -2.59. The molecule has 3 aliphatic rings. The zero-order chi connectivity index (χ0) is 17.6. The molecule has 2 atom stereocenters. The predicted molar refractivity (Wildman–Crippen MR) is 103 cm³/mol. The van der Waals surface area contributed by atoms with Gasteiger partial charge in [-0.05, 0) is 74.0 Å². The average molecular weight is 350 g/mol. The molecule has 0 radical (unpaired) electrons. The Morgan fingerprint density at radius 3 is 2.46 bits per heavy atom. The van der Waals surface area contributed by atoms with E-state index in [1.807, 2.05) is 12.1 Å². The minimum Gasteiger partial charge on any atom is -0.300 e. The Morgan fingerprint density at radius 2 is 1.65 bits per heavy atom. The fourth-order valence-corrected chi connectivity index (χ4v) is 5.65. The van der Waals surface area contributed by atoms with Gasteiger partial charge in [0.1, 0.15) is 5.82 Å². The van der Waals surface area contributed by atoms with Gasteiger partial charge in [0.15, 0.2) is 0 Å². The smallest absolute Gasteiger partial charge is 0.123 e. The van der Waals surface area contributed by atoms with Gasteiger partial charge < -0.3 is 4.90 Å². The topological polar surface area (TPSA) is 6.48 Å². The van der Waals surface area contributed by atoms with Gasteiger partial charge >= 0.3 is 0 Å². The monoisotopic (exact) mass is 350 g/mol. The van der Waals surface area contributed by atoms with Crippen molar-refractivity contribution in [2.24, 2.45) is 0 Å². The van der Waals surface area contributed by atoms with Gasteiger partial charge in [0, 0.05) is 19.1 Å². The largest absolute Gasteiger partial charge is 0.300 e. The summed E-state index contributed by atoms with van der Waals surface area (Å²) >= 11 is 0. The van der Waals surface area contributed by atoms with Gasteiger partial charge in [-0.15, -0.1) is 0 Å². The second-order valence-corrected chi connectivity index (χ2v) is 8.15. The van der Waals surface area contributed by atoms with Crippen molar-refractivity contribution >= 4 is 0 Å². The SMILES string of the molecule is Fc1ccc(C23CC(N4CCCC4)CCN2CCc2ccccc23)cc1. The van der Waals surface area contributed by atoms with Crippen LogP contribution in [0.3, 0.4) is 0 Å². The summed E-state index contributed by atoms with van der Waals surface area (Å²) in [6.45, 7) is 4.71. The maximum absolute atomic E-state index is 13.7. The summed E-state index contributed by atoms with van der Waals surface area (Å²) in [6, 6.07) is 16.9. The molecular weight excluding hydrogens is 323 g/mol. The van der Waals surface area contributed by atoms with Crippen LogP contribution in [-0.4, -0.2) is 42.0 Å². The Labute approximate surface area is 155 Å². The molecule has 2 aromatic rings. The van der Waals surface area contributed by atoms with Gasteiger partial charge in [0.05, 0.1) is 5.54 Å². The molecule has 3 heterocycles. The number of fused-ring (bicyclic) bond motifs is 3. The highest BCUT2D eigenvalue weighted by Gasteiger charge is 2.48. The van der Waals surface area contributed by atoms with Crippen molar-refractivity contribution in [1.82, 2.24) is 9.80 Å². The molecule has 2 saturated heterocycles. The molecule has 0 amide bonds. The number of piperidine rings is 1. The molecule has 26 heavy (non-hydrogen) atoms. The number of hydrogen-bond acceptors (Lipinski definition) is 2. The van der Waals surface area contributed by atoms with Crippen LogP contribution in [0.15, 0.2) is 48.5 Å². The van der Waals surface area contributed by atoms with Crippen LogP contribution in [-0.2, 0) is 12.0 Å². The van der Waals surface area contributed by atoms with Gasteiger partial charge in [-0.3, -0.25) is 4.90 Å². The molecule has 2 nitrogen and oxygen atoms in total.